The molecule has 1 aliphatic rings. The second-order valence-corrected chi connectivity index (χ2v) is 8.35. The molecule has 1 aromatic heterocycles. The van der Waals surface area contributed by atoms with E-state index in [1.807, 2.05) is 30.0 Å². The standard InChI is InChI=1S/C17H23N5O2S/c1-3-13-7-5-6-8-15(13)19-16-11-18-21-17(20-16)22(4-2)14-9-10-25(23,24)12-14/h5-8,11,14H,3-4,9-10,12H2,1-2H3,(H,19,20,21). The number of para-hydroxylation sites is 1. The van der Waals surface area contributed by atoms with E-state index in [0.29, 0.717) is 24.7 Å². The summed E-state index contributed by atoms with van der Waals surface area (Å²) in [5, 5.41) is 11.5. The van der Waals surface area contributed by atoms with Gasteiger partial charge in [-0.1, -0.05) is 25.1 Å². The normalized spacial score (nSPS) is 18.9. The first-order valence-corrected chi connectivity index (χ1v) is 10.4. The van der Waals surface area contributed by atoms with Crippen molar-refractivity contribution >= 4 is 27.3 Å². The van der Waals surface area contributed by atoms with Gasteiger partial charge in [-0.15, -0.1) is 5.10 Å². The number of hydrogen-bond donors (Lipinski definition) is 1. The van der Waals surface area contributed by atoms with Crippen LogP contribution >= 0.6 is 0 Å². The molecule has 0 saturated carbocycles. The first-order chi connectivity index (χ1) is 12.0. The van der Waals surface area contributed by atoms with E-state index < -0.39 is 9.84 Å². The Morgan fingerprint density at radius 3 is 2.76 bits per heavy atom. The van der Waals surface area contributed by atoms with Crippen molar-refractivity contribution in [3.8, 4) is 0 Å². The number of nitrogens with one attached hydrogen (secondary N) is 1. The van der Waals surface area contributed by atoms with Gasteiger partial charge < -0.3 is 10.2 Å². The van der Waals surface area contributed by atoms with Crippen molar-refractivity contribution in [2.75, 3.05) is 28.3 Å². The molecule has 1 unspecified atom stereocenters. The van der Waals surface area contributed by atoms with Gasteiger partial charge in [0.25, 0.3) is 0 Å². The lowest BCUT2D eigenvalue weighted by Crippen LogP contribution is -2.37. The maximum atomic E-state index is 11.8. The molecule has 2 aromatic rings. The van der Waals surface area contributed by atoms with Gasteiger partial charge in [0.2, 0.25) is 5.95 Å². The Balaban J connectivity index is 1.83. The fraction of sp³-hybridized carbons (Fsp3) is 0.471. The number of benzene rings is 1. The predicted octanol–water partition coefficient (Wildman–Crippen LogP) is 2.19. The Morgan fingerprint density at radius 2 is 2.08 bits per heavy atom. The molecule has 1 aromatic carbocycles. The van der Waals surface area contributed by atoms with E-state index in [0.717, 1.165) is 12.1 Å². The van der Waals surface area contributed by atoms with E-state index in [-0.39, 0.29) is 17.5 Å². The molecule has 8 heteroatoms. The van der Waals surface area contributed by atoms with Crippen molar-refractivity contribution in [3.05, 3.63) is 36.0 Å². The minimum Gasteiger partial charge on any atom is -0.339 e. The molecule has 2 heterocycles. The third kappa shape index (κ3) is 4.07. The highest BCUT2D eigenvalue weighted by molar-refractivity contribution is 7.91. The molecule has 0 amide bonds. The Labute approximate surface area is 148 Å². The number of hydrogen-bond acceptors (Lipinski definition) is 7. The van der Waals surface area contributed by atoms with Gasteiger partial charge in [-0.3, -0.25) is 0 Å². The Hall–Kier alpha value is -2.22. The van der Waals surface area contributed by atoms with Crippen LogP contribution in [0.5, 0.6) is 0 Å². The van der Waals surface area contributed by atoms with Gasteiger partial charge in [0.15, 0.2) is 15.7 Å². The zero-order chi connectivity index (χ0) is 17.9. The van der Waals surface area contributed by atoms with Crippen LogP contribution in [0, 0.1) is 0 Å². The van der Waals surface area contributed by atoms with Gasteiger partial charge >= 0.3 is 0 Å². The lowest BCUT2D eigenvalue weighted by Gasteiger charge is -2.26. The van der Waals surface area contributed by atoms with Gasteiger partial charge in [-0.05, 0) is 31.4 Å². The fourth-order valence-electron chi connectivity index (χ4n) is 3.15. The highest BCUT2D eigenvalue weighted by Crippen LogP contribution is 2.24. The molecule has 0 spiro atoms. The molecule has 1 saturated heterocycles. The third-order valence-electron chi connectivity index (χ3n) is 4.46. The van der Waals surface area contributed by atoms with Crippen LogP contribution in [0.4, 0.5) is 17.5 Å². The largest absolute Gasteiger partial charge is 0.339 e. The molecule has 0 radical (unpaired) electrons. The molecule has 1 fully saturated rings. The van der Waals surface area contributed by atoms with Crippen molar-refractivity contribution in [2.24, 2.45) is 0 Å². The van der Waals surface area contributed by atoms with Crippen molar-refractivity contribution < 1.29 is 8.42 Å². The van der Waals surface area contributed by atoms with Crippen LogP contribution in [0.1, 0.15) is 25.8 Å². The number of aryl methyl sites for hydroxylation is 1. The SMILES string of the molecule is CCc1ccccc1Nc1cnnc(N(CC)C2CCS(=O)(=O)C2)n1. The second kappa shape index (κ2) is 7.35. The summed E-state index contributed by atoms with van der Waals surface area (Å²) in [5.74, 6) is 1.44. The van der Waals surface area contributed by atoms with Gasteiger partial charge in [-0.2, -0.15) is 10.1 Å². The Morgan fingerprint density at radius 1 is 1.28 bits per heavy atom. The summed E-state index contributed by atoms with van der Waals surface area (Å²) in [7, 11) is -2.96. The van der Waals surface area contributed by atoms with Crippen LogP contribution in [0.2, 0.25) is 0 Å². The fourth-order valence-corrected chi connectivity index (χ4v) is 4.88. The summed E-state index contributed by atoms with van der Waals surface area (Å²) in [6, 6.07) is 7.96. The molecule has 0 aliphatic carbocycles. The highest BCUT2D eigenvalue weighted by atomic mass is 32.2. The molecule has 25 heavy (non-hydrogen) atoms. The number of nitrogens with zero attached hydrogens (tertiary/aromatic N) is 4. The van der Waals surface area contributed by atoms with Crippen molar-refractivity contribution in [1.82, 2.24) is 15.2 Å². The Bertz CT molecular complexity index is 840. The zero-order valence-electron chi connectivity index (χ0n) is 14.5. The average Bonchev–Trinajstić information content (AvgIpc) is 2.96. The van der Waals surface area contributed by atoms with E-state index in [9.17, 15) is 8.42 Å². The Kier molecular flexibility index (Phi) is 5.17. The van der Waals surface area contributed by atoms with Crippen molar-refractivity contribution in [1.29, 1.82) is 0 Å². The first kappa shape index (κ1) is 17.6. The topological polar surface area (TPSA) is 88.1 Å². The predicted molar refractivity (Wildman–Crippen MR) is 99.0 cm³/mol. The lowest BCUT2D eigenvalue weighted by molar-refractivity contribution is 0.598. The van der Waals surface area contributed by atoms with Crippen LogP contribution in [0.15, 0.2) is 30.5 Å². The first-order valence-electron chi connectivity index (χ1n) is 8.54. The number of rotatable bonds is 6. The van der Waals surface area contributed by atoms with E-state index in [1.165, 1.54) is 5.56 Å². The van der Waals surface area contributed by atoms with E-state index in [1.54, 1.807) is 6.20 Å². The van der Waals surface area contributed by atoms with Crippen molar-refractivity contribution in [2.45, 2.75) is 32.7 Å². The monoisotopic (exact) mass is 361 g/mol. The molecule has 134 valence electrons. The zero-order valence-corrected chi connectivity index (χ0v) is 15.3. The molecule has 1 aliphatic heterocycles. The second-order valence-electron chi connectivity index (χ2n) is 6.12. The number of anilines is 3. The third-order valence-corrected chi connectivity index (χ3v) is 6.21. The summed E-state index contributed by atoms with van der Waals surface area (Å²) < 4.78 is 23.6. The molecule has 1 atom stereocenters. The van der Waals surface area contributed by atoms with E-state index in [2.05, 4.69) is 33.5 Å². The summed E-state index contributed by atoms with van der Waals surface area (Å²) in [5.41, 5.74) is 2.18. The van der Waals surface area contributed by atoms with Crippen molar-refractivity contribution in [3.63, 3.8) is 0 Å². The number of sulfone groups is 1. The molecule has 1 N–H and O–H groups in total. The summed E-state index contributed by atoms with van der Waals surface area (Å²) in [4.78, 5) is 6.48. The summed E-state index contributed by atoms with van der Waals surface area (Å²) in [6.07, 6.45) is 3.10. The van der Waals surface area contributed by atoms with Crippen LogP contribution in [-0.4, -0.2) is 47.7 Å². The van der Waals surface area contributed by atoms with E-state index in [4.69, 9.17) is 0 Å². The maximum absolute atomic E-state index is 11.8. The van der Waals surface area contributed by atoms with Gasteiger partial charge in [0, 0.05) is 18.3 Å². The van der Waals surface area contributed by atoms with Gasteiger partial charge in [0.05, 0.1) is 17.7 Å². The van der Waals surface area contributed by atoms with Crippen LogP contribution in [0.25, 0.3) is 0 Å². The van der Waals surface area contributed by atoms with Crippen LogP contribution in [0.3, 0.4) is 0 Å². The highest BCUT2D eigenvalue weighted by Gasteiger charge is 2.33. The molecular weight excluding hydrogens is 338 g/mol. The average molecular weight is 361 g/mol. The molecular formula is C17H23N5O2S. The molecule has 7 nitrogen and oxygen atoms in total. The number of aromatic nitrogens is 3. The van der Waals surface area contributed by atoms with E-state index >= 15 is 0 Å². The maximum Gasteiger partial charge on any atom is 0.247 e. The smallest absolute Gasteiger partial charge is 0.247 e. The minimum atomic E-state index is -2.96. The van der Waals surface area contributed by atoms with Crippen LogP contribution in [-0.2, 0) is 16.3 Å². The van der Waals surface area contributed by atoms with Gasteiger partial charge in [-0.25, -0.2) is 8.42 Å². The lowest BCUT2D eigenvalue weighted by atomic mass is 10.1. The van der Waals surface area contributed by atoms with Gasteiger partial charge in [0.1, 0.15) is 0 Å². The minimum absolute atomic E-state index is 0.0880. The summed E-state index contributed by atoms with van der Waals surface area (Å²) in [6.45, 7) is 4.71. The summed E-state index contributed by atoms with van der Waals surface area (Å²) >= 11 is 0. The molecule has 3 rings (SSSR count). The molecule has 0 bridgehead atoms. The van der Waals surface area contributed by atoms with Crippen LogP contribution < -0.4 is 10.2 Å². The quantitative estimate of drug-likeness (QED) is 0.844.